The van der Waals surface area contributed by atoms with Crippen molar-refractivity contribution in [2.24, 2.45) is 16.1 Å². The van der Waals surface area contributed by atoms with Crippen LogP contribution in [0.5, 0.6) is 0 Å². The first-order valence-electron chi connectivity index (χ1n) is 9.10. The molecule has 0 aliphatic heterocycles. The van der Waals surface area contributed by atoms with E-state index in [0.29, 0.717) is 24.5 Å². The van der Waals surface area contributed by atoms with E-state index in [9.17, 15) is 14.9 Å². The molecule has 0 saturated heterocycles. The Morgan fingerprint density at radius 2 is 2.00 bits per heavy atom. The molecule has 0 N–H and O–H groups in total. The molecule has 10 heteroatoms. The summed E-state index contributed by atoms with van der Waals surface area (Å²) in [7, 11) is 0. The van der Waals surface area contributed by atoms with E-state index in [1.807, 2.05) is 24.0 Å². The second kappa shape index (κ2) is 10.9. The molecule has 0 aliphatic carbocycles. The Morgan fingerprint density at radius 3 is 2.57 bits per heavy atom. The lowest BCUT2D eigenvalue weighted by Crippen LogP contribution is -2.32. The Kier molecular flexibility index (Phi) is 8.26. The van der Waals surface area contributed by atoms with Gasteiger partial charge >= 0.3 is 5.97 Å². The van der Waals surface area contributed by atoms with Gasteiger partial charge in [-0.25, -0.2) is 0 Å². The van der Waals surface area contributed by atoms with Crippen molar-refractivity contribution < 1.29 is 14.5 Å². The molecule has 2 aromatic rings. The second-order valence-electron chi connectivity index (χ2n) is 6.31. The number of benzene rings is 2. The summed E-state index contributed by atoms with van der Waals surface area (Å²) in [4.78, 5) is 24.1. The smallest absolute Gasteiger partial charge is 0.311 e. The quantitative estimate of drug-likeness (QED) is 0.234. The molecule has 1 atom stereocenters. The number of nitrogens with zero attached hydrogens (tertiary/aromatic N) is 5. The van der Waals surface area contributed by atoms with Crippen molar-refractivity contribution in [1.29, 1.82) is 5.26 Å². The number of hydrogen-bond donors (Lipinski definition) is 0. The van der Waals surface area contributed by atoms with Gasteiger partial charge in [0.25, 0.3) is 5.69 Å². The van der Waals surface area contributed by atoms with E-state index in [0.717, 1.165) is 5.69 Å². The van der Waals surface area contributed by atoms with Crippen LogP contribution >= 0.6 is 11.6 Å². The van der Waals surface area contributed by atoms with Gasteiger partial charge in [-0.05, 0) is 37.3 Å². The van der Waals surface area contributed by atoms with Crippen LogP contribution in [0.25, 0.3) is 0 Å². The first kappa shape index (κ1) is 22.8. The number of carbonyl (C=O) groups excluding carboxylic acids is 1. The number of azo groups is 1. The van der Waals surface area contributed by atoms with E-state index in [-0.39, 0.29) is 23.2 Å². The number of nitriles is 1. The molecule has 0 heterocycles. The van der Waals surface area contributed by atoms with Gasteiger partial charge in [0.2, 0.25) is 0 Å². The fourth-order valence-corrected chi connectivity index (χ4v) is 2.81. The molecule has 0 saturated carbocycles. The first-order valence-corrected chi connectivity index (χ1v) is 9.47. The standard InChI is InChI=1S/C20H20ClN5O4/c1-3-25(13-14(2)20(27)30-11-10-22)16-6-4-15(5-7-16)23-24-19-9-8-17(26(28)29)12-18(19)21/h4-9,12,14H,3,11,13H2,1-2H3. The molecule has 30 heavy (non-hydrogen) atoms. The minimum absolute atomic E-state index is 0.117. The molecule has 2 rings (SSSR count). The van der Waals surface area contributed by atoms with Crippen LogP contribution in [0.3, 0.4) is 0 Å². The zero-order valence-corrected chi connectivity index (χ0v) is 17.2. The Morgan fingerprint density at radius 1 is 1.30 bits per heavy atom. The summed E-state index contributed by atoms with van der Waals surface area (Å²) in [5.41, 5.74) is 1.68. The summed E-state index contributed by atoms with van der Waals surface area (Å²) in [5.74, 6) is -0.803. The van der Waals surface area contributed by atoms with Crippen molar-refractivity contribution in [3.05, 3.63) is 57.6 Å². The van der Waals surface area contributed by atoms with Crippen molar-refractivity contribution in [3.63, 3.8) is 0 Å². The summed E-state index contributed by atoms with van der Waals surface area (Å²) in [6.07, 6.45) is 0. The van der Waals surface area contributed by atoms with Gasteiger partial charge in [0, 0.05) is 30.9 Å². The monoisotopic (exact) mass is 429 g/mol. The van der Waals surface area contributed by atoms with Gasteiger partial charge < -0.3 is 9.64 Å². The minimum Gasteiger partial charge on any atom is -0.450 e. The van der Waals surface area contributed by atoms with Crippen molar-refractivity contribution >= 4 is 40.3 Å². The van der Waals surface area contributed by atoms with E-state index in [1.165, 1.54) is 18.2 Å². The van der Waals surface area contributed by atoms with Crippen molar-refractivity contribution in [2.75, 3.05) is 24.6 Å². The highest BCUT2D eigenvalue weighted by atomic mass is 35.5. The second-order valence-corrected chi connectivity index (χ2v) is 6.72. The number of halogens is 1. The number of hydrogen-bond acceptors (Lipinski definition) is 8. The molecular formula is C20H20ClN5O4. The SMILES string of the molecule is CCN(CC(C)C(=O)OCC#N)c1ccc(N=Nc2ccc([N+](=O)[O-])cc2Cl)cc1. The lowest BCUT2D eigenvalue weighted by molar-refractivity contribution is -0.384. The maximum Gasteiger partial charge on any atom is 0.311 e. The number of esters is 1. The van der Waals surface area contributed by atoms with Crippen LogP contribution in [-0.4, -0.2) is 30.6 Å². The Hall–Kier alpha value is -3.51. The highest BCUT2D eigenvalue weighted by Crippen LogP contribution is 2.30. The van der Waals surface area contributed by atoms with Crippen LogP contribution in [0.1, 0.15) is 13.8 Å². The zero-order chi connectivity index (χ0) is 22.1. The maximum absolute atomic E-state index is 11.9. The highest BCUT2D eigenvalue weighted by molar-refractivity contribution is 6.33. The lowest BCUT2D eigenvalue weighted by atomic mass is 10.1. The van der Waals surface area contributed by atoms with Gasteiger partial charge in [-0.1, -0.05) is 18.5 Å². The van der Waals surface area contributed by atoms with Gasteiger partial charge in [0.15, 0.2) is 6.61 Å². The predicted octanol–water partition coefficient (Wildman–Crippen LogP) is 5.19. The molecule has 0 fully saturated rings. The third-order valence-electron chi connectivity index (χ3n) is 4.19. The van der Waals surface area contributed by atoms with Crippen molar-refractivity contribution in [2.45, 2.75) is 13.8 Å². The molecule has 9 nitrogen and oxygen atoms in total. The van der Waals surface area contributed by atoms with Gasteiger partial charge in [-0.15, -0.1) is 5.11 Å². The Balaban J connectivity index is 2.06. The fourth-order valence-electron chi connectivity index (χ4n) is 2.60. The molecule has 156 valence electrons. The van der Waals surface area contributed by atoms with Gasteiger partial charge in [-0.3, -0.25) is 14.9 Å². The van der Waals surface area contributed by atoms with E-state index in [1.54, 1.807) is 25.1 Å². The molecule has 0 radical (unpaired) electrons. The van der Waals surface area contributed by atoms with Crippen molar-refractivity contribution in [1.82, 2.24) is 0 Å². The molecule has 0 bridgehead atoms. The third kappa shape index (κ3) is 6.25. The summed E-state index contributed by atoms with van der Waals surface area (Å²) in [6.45, 7) is 4.58. The van der Waals surface area contributed by atoms with E-state index < -0.39 is 10.9 Å². The largest absolute Gasteiger partial charge is 0.450 e. The summed E-state index contributed by atoms with van der Waals surface area (Å²) in [5, 5.41) is 27.5. The van der Waals surface area contributed by atoms with Gasteiger partial charge in [0.05, 0.1) is 21.6 Å². The summed E-state index contributed by atoms with van der Waals surface area (Å²) < 4.78 is 4.86. The number of anilines is 1. The predicted molar refractivity (Wildman–Crippen MR) is 112 cm³/mol. The molecule has 0 amide bonds. The average Bonchev–Trinajstić information content (AvgIpc) is 2.75. The zero-order valence-electron chi connectivity index (χ0n) is 16.5. The number of ether oxygens (including phenoxy) is 1. The summed E-state index contributed by atoms with van der Waals surface area (Å²) in [6, 6.07) is 13.0. The molecule has 0 aliphatic rings. The average molecular weight is 430 g/mol. The number of rotatable bonds is 9. The van der Waals surface area contributed by atoms with Crippen LogP contribution < -0.4 is 4.90 Å². The topological polar surface area (TPSA) is 121 Å². The molecule has 0 spiro atoms. The maximum atomic E-state index is 11.9. The normalized spacial score (nSPS) is 11.7. The Bertz CT molecular complexity index is 972. The number of nitro benzene ring substituents is 1. The highest BCUT2D eigenvalue weighted by Gasteiger charge is 2.18. The fraction of sp³-hybridized carbons (Fsp3) is 0.300. The molecule has 2 aromatic carbocycles. The lowest BCUT2D eigenvalue weighted by Gasteiger charge is -2.25. The van der Waals surface area contributed by atoms with E-state index in [2.05, 4.69) is 10.2 Å². The van der Waals surface area contributed by atoms with Crippen LogP contribution in [0.15, 0.2) is 52.7 Å². The van der Waals surface area contributed by atoms with Crippen molar-refractivity contribution in [3.8, 4) is 6.07 Å². The molecule has 0 aromatic heterocycles. The van der Waals surface area contributed by atoms with Crippen LogP contribution in [0.4, 0.5) is 22.7 Å². The number of non-ortho nitro benzene ring substituents is 1. The van der Waals surface area contributed by atoms with Crippen LogP contribution in [0, 0.1) is 27.4 Å². The van der Waals surface area contributed by atoms with Gasteiger partial charge in [0.1, 0.15) is 11.8 Å². The third-order valence-corrected chi connectivity index (χ3v) is 4.49. The van der Waals surface area contributed by atoms with Crippen LogP contribution in [-0.2, 0) is 9.53 Å². The van der Waals surface area contributed by atoms with E-state index >= 15 is 0 Å². The minimum atomic E-state index is -0.533. The molecular weight excluding hydrogens is 410 g/mol. The summed E-state index contributed by atoms with van der Waals surface area (Å²) >= 11 is 6.01. The molecule has 1 unspecified atom stereocenters. The van der Waals surface area contributed by atoms with Gasteiger partial charge in [-0.2, -0.15) is 10.4 Å². The number of carbonyl (C=O) groups is 1. The Labute approximate surface area is 178 Å². The number of nitro groups is 1. The van der Waals surface area contributed by atoms with E-state index in [4.69, 9.17) is 21.6 Å². The van der Waals surface area contributed by atoms with Crippen LogP contribution in [0.2, 0.25) is 5.02 Å². The first-order chi connectivity index (χ1) is 14.3.